The third kappa shape index (κ3) is 6.30. The zero-order valence-electron chi connectivity index (χ0n) is 19.7. The number of carbonyl (C=O) groups excluding carboxylic acids is 1. The van der Waals surface area contributed by atoms with Crippen molar-refractivity contribution in [1.29, 1.82) is 0 Å². The molecule has 0 fully saturated rings. The maximum Gasteiger partial charge on any atom is 0.307 e. The monoisotopic (exact) mass is 476 g/mol. The number of ether oxygens (including phenoxy) is 3. The molecule has 0 radical (unpaired) electrons. The number of benzene rings is 3. The third-order valence-corrected chi connectivity index (χ3v) is 5.58. The quantitative estimate of drug-likeness (QED) is 0.482. The largest absolute Gasteiger partial charge is 0.490 e. The van der Waals surface area contributed by atoms with Gasteiger partial charge in [0.25, 0.3) is 5.91 Å². The number of aliphatic carboxylic acids is 1. The molecular weight excluding hydrogens is 448 g/mol. The van der Waals surface area contributed by atoms with Crippen LogP contribution in [0.15, 0.2) is 66.7 Å². The van der Waals surface area contributed by atoms with Gasteiger partial charge in [-0.1, -0.05) is 18.2 Å². The Hall–Kier alpha value is -4.04. The van der Waals surface area contributed by atoms with E-state index < -0.39 is 5.97 Å². The second-order valence-electron chi connectivity index (χ2n) is 8.42. The maximum atomic E-state index is 12.8. The summed E-state index contributed by atoms with van der Waals surface area (Å²) < 4.78 is 17.1. The number of nitrogens with zero attached hydrogens (tertiary/aromatic N) is 1. The van der Waals surface area contributed by atoms with E-state index in [-0.39, 0.29) is 18.4 Å². The van der Waals surface area contributed by atoms with Crippen LogP contribution in [0, 0.1) is 0 Å². The smallest absolute Gasteiger partial charge is 0.307 e. The molecule has 2 N–H and O–H groups in total. The molecule has 182 valence electrons. The van der Waals surface area contributed by atoms with Crippen LogP contribution in [-0.2, 0) is 22.6 Å². The first-order chi connectivity index (χ1) is 16.9. The maximum absolute atomic E-state index is 12.8. The molecule has 1 atom stereocenters. The molecule has 4 rings (SSSR count). The molecule has 8 heteroatoms. The van der Waals surface area contributed by atoms with E-state index >= 15 is 0 Å². The summed E-state index contributed by atoms with van der Waals surface area (Å²) in [5.74, 6) is 0.226. The van der Waals surface area contributed by atoms with Crippen molar-refractivity contribution in [3.8, 4) is 11.5 Å². The van der Waals surface area contributed by atoms with Crippen LogP contribution in [0.4, 0.5) is 11.4 Å². The predicted molar refractivity (Wildman–Crippen MR) is 133 cm³/mol. The van der Waals surface area contributed by atoms with E-state index in [0.717, 1.165) is 17.0 Å². The van der Waals surface area contributed by atoms with E-state index in [1.165, 1.54) is 0 Å². The molecule has 0 unspecified atom stereocenters. The molecule has 1 aliphatic rings. The molecule has 0 aromatic heterocycles. The topological polar surface area (TPSA) is 97.3 Å². The SMILES string of the molecule is COCc1cc(CC(=O)O)cc(NC(=O)c2ccc(OC[C@@H]3CN(C)c4ccccc4O3)cc2)c1. The minimum Gasteiger partial charge on any atom is -0.490 e. The Morgan fingerprint density at radius 3 is 2.57 bits per heavy atom. The highest BCUT2D eigenvalue weighted by Gasteiger charge is 2.23. The molecule has 0 saturated carbocycles. The minimum absolute atomic E-state index is 0.114. The van der Waals surface area contributed by atoms with Crippen molar-refractivity contribution in [1.82, 2.24) is 0 Å². The van der Waals surface area contributed by atoms with Crippen molar-refractivity contribution in [2.75, 3.05) is 37.5 Å². The number of carboxylic acids is 1. The molecular formula is C27H28N2O6. The van der Waals surface area contributed by atoms with E-state index in [1.54, 1.807) is 49.6 Å². The predicted octanol–water partition coefficient (Wildman–Crippen LogP) is 3.99. The summed E-state index contributed by atoms with van der Waals surface area (Å²) in [5, 5.41) is 11.9. The van der Waals surface area contributed by atoms with Gasteiger partial charge in [0.05, 0.1) is 25.3 Å². The minimum atomic E-state index is -0.943. The van der Waals surface area contributed by atoms with E-state index in [0.29, 0.717) is 42.3 Å². The number of nitrogens with one attached hydrogen (secondary N) is 1. The summed E-state index contributed by atoms with van der Waals surface area (Å²) in [7, 11) is 3.58. The Balaban J connectivity index is 1.36. The lowest BCUT2D eigenvalue weighted by molar-refractivity contribution is -0.136. The number of methoxy groups -OCH3 is 1. The van der Waals surface area contributed by atoms with Gasteiger partial charge in [-0.2, -0.15) is 0 Å². The summed E-state index contributed by atoms with van der Waals surface area (Å²) in [6.07, 6.45) is -0.254. The van der Waals surface area contributed by atoms with Crippen LogP contribution < -0.4 is 19.7 Å². The van der Waals surface area contributed by atoms with Gasteiger partial charge in [0, 0.05) is 25.4 Å². The van der Waals surface area contributed by atoms with E-state index in [4.69, 9.17) is 19.3 Å². The molecule has 0 bridgehead atoms. The first kappa shape index (κ1) is 24.1. The molecule has 3 aromatic rings. The number of anilines is 2. The van der Waals surface area contributed by atoms with Crippen LogP contribution in [0.1, 0.15) is 21.5 Å². The number of amides is 1. The average molecular weight is 477 g/mol. The van der Waals surface area contributed by atoms with Crippen LogP contribution in [0.5, 0.6) is 11.5 Å². The van der Waals surface area contributed by atoms with E-state index in [2.05, 4.69) is 10.2 Å². The Labute approximate surface area is 204 Å². The van der Waals surface area contributed by atoms with Gasteiger partial charge in [0.1, 0.15) is 24.2 Å². The zero-order valence-corrected chi connectivity index (χ0v) is 19.7. The molecule has 1 aliphatic heterocycles. The van der Waals surface area contributed by atoms with Crippen LogP contribution in [-0.4, -0.2) is 50.4 Å². The highest BCUT2D eigenvalue weighted by molar-refractivity contribution is 6.04. The Morgan fingerprint density at radius 1 is 1.09 bits per heavy atom. The van der Waals surface area contributed by atoms with Crippen LogP contribution >= 0.6 is 0 Å². The van der Waals surface area contributed by atoms with Crippen molar-refractivity contribution < 1.29 is 28.9 Å². The van der Waals surface area contributed by atoms with Gasteiger partial charge in [0.2, 0.25) is 0 Å². The molecule has 35 heavy (non-hydrogen) atoms. The standard InChI is InChI=1S/C27H28N2O6/c1-29-15-23(35-25-6-4-3-5-24(25)29)17-34-22-9-7-20(8-10-22)27(32)28-21-12-18(14-26(30)31)11-19(13-21)16-33-2/h3-13,23H,14-17H2,1-2H3,(H,28,32)(H,30,31)/t23-/m0/s1. The lowest BCUT2D eigenvalue weighted by atomic mass is 10.1. The molecule has 0 spiro atoms. The second kappa shape index (κ2) is 10.9. The molecule has 8 nitrogen and oxygen atoms in total. The first-order valence-corrected chi connectivity index (χ1v) is 11.3. The Bertz CT molecular complexity index is 1190. The number of para-hydroxylation sites is 2. The number of carboxylic acid groups (broad SMARTS) is 1. The fourth-order valence-electron chi connectivity index (χ4n) is 4.04. The van der Waals surface area contributed by atoms with Crippen molar-refractivity contribution in [2.45, 2.75) is 19.1 Å². The molecule has 0 aliphatic carbocycles. The average Bonchev–Trinajstić information content (AvgIpc) is 2.83. The summed E-state index contributed by atoms with van der Waals surface area (Å²) in [4.78, 5) is 26.0. The van der Waals surface area contributed by atoms with Gasteiger partial charge in [-0.25, -0.2) is 0 Å². The van der Waals surface area contributed by atoms with E-state index in [1.807, 2.05) is 31.3 Å². The van der Waals surface area contributed by atoms with Crippen LogP contribution in [0.25, 0.3) is 0 Å². The van der Waals surface area contributed by atoms with Gasteiger partial charge in [0.15, 0.2) is 0 Å². The van der Waals surface area contributed by atoms with Gasteiger partial charge in [-0.15, -0.1) is 0 Å². The summed E-state index contributed by atoms with van der Waals surface area (Å²) in [6.45, 7) is 1.40. The number of carbonyl (C=O) groups is 2. The highest BCUT2D eigenvalue weighted by atomic mass is 16.5. The van der Waals surface area contributed by atoms with Crippen molar-refractivity contribution in [3.05, 3.63) is 83.4 Å². The zero-order chi connectivity index (χ0) is 24.8. The van der Waals surface area contributed by atoms with Gasteiger partial charge >= 0.3 is 5.97 Å². The fourth-order valence-corrected chi connectivity index (χ4v) is 4.04. The van der Waals surface area contributed by atoms with Gasteiger partial charge < -0.3 is 29.5 Å². The molecule has 1 amide bonds. The number of hydrogen-bond donors (Lipinski definition) is 2. The number of hydrogen-bond acceptors (Lipinski definition) is 6. The molecule has 3 aromatic carbocycles. The fraction of sp³-hybridized carbons (Fsp3) is 0.259. The van der Waals surface area contributed by atoms with Gasteiger partial charge in [-0.05, 0) is 59.7 Å². The summed E-state index contributed by atoms with van der Waals surface area (Å²) >= 11 is 0. The summed E-state index contributed by atoms with van der Waals surface area (Å²) in [6, 6.07) is 19.9. The van der Waals surface area contributed by atoms with Crippen molar-refractivity contribution in [3.63, 3.8) is 0 Å². The molecule has 0 saturated heterocycles. The lowest BCUT2D eigenvalue weighted by Gasteiger charge is -2.33. The Morgan fingerprint density at radius 2 is 1.83 bits per heavy atom. The lowest BCUT2D eigenvalue weighted by Crippen LogP contribution is -2.41. The third-order valence-electron chi connectivity index (χ3n) is 5.58. The number of likely N-dealkylation sites (N-methyl/N-ethyl adjacent to an activating group) is 1. The molecule has 1 heterocycles. The van der Waals surface area contributed by atoms with Crippen molar-refractivity contribution in [2.24, 2.45) is 0 Å². The normalized spacial score (nSPS) is 14.6. The van der Waals surface area contributed by atoms with E-state index in [9.17, 15) is 9.59 Å². The number of rotatable bonds is 9. The Kier molecular flexibility index (Phi) is 7.52. The first-order valence-electron chi connectivity index (χ1n) is 11.3. The van der Waals surface area contributed by atoms with Crippen LogP contribution in [0.3, 0.4) is 0 Å². The second-order valence-corrected chi connectivity index (χ2v) is 8.42. The summed E-state index contributed by atoms with van der Waals surface area (Å²) in [5.41, 5.74) is 3.39. The van der Waals surface area contributed by atoms with Crippen LogP contribution in [0.2, 0.25) is 0 Å². The van der Waals surface area contributed by atoms with Crippen molar-refractivity contribution >= 4 is 23.3 Å². The highest BCUT2D eigenvalue weighted by Crippen LogP contribution is 2.32. The van der Waals surface area contributed by atoms with Gasteiger partial charge in [-0.3, -0.25) is 9.59 Å². The number of fused-ring (bicyclic) bond motifs is 1.